The summed E-state index contributed by atoms with van der Waals surface area (Å²) in [6.45, 7) is 11.9. The molecular formula is C72H86F2N14O10S2. The van der Waals surface area contributed by atoms with Crippen molar-refractivity contribution < 1.29 is 54.2 Å². The molecule has 7 aromatic rings. The number of nitrogens with two attached hydrogens (primary N) is 1. The molecule has 2 atom stereocenters. The highest BCUT2D eigenvalue weighted by atomic mass is 32.2. The standard InChI is InChI=1S/C40H46FN7O6S.C32H40FN7O4S/c1-38(2)24-28(10-7-21-42-37(50)54-26-27-8-4-3-5-9-27)25-47(38)35-29(36(49)46-55(51,52)34-12-6-11-31(41)43-34)13-14-32(44-35)48-22-15-33(45-48)53-23-16-30-39(17-18-39)40(30)19-20-40;1-30(2)19-21(5-4-16-34)20-39(30)28-22(29(41)38-45(42,43)27-7-3-6-24(33)35-27)8-9-25(36-28)40-17-10-26(37-40)44-18-11-23-31(12-13-31)32(23)14-15-32/h3-6,8-9,11-15,22,28,30H,7,10,16-21,23-26H2,1-2H3,(H,42,50)(H,46,49);3,6-10,17,21,23H,4-5,11-16,18-20,34H2,1-2H3,(H,38,41)/t28-;21-/m11/s1. The first-order valence-corrected chi connectivity index (χ1v) is 37.8. The Morgan fingerprint density at radius 2 is 0.990 bits per heavy atom. The van der Waals surface area contributed by atoms with Crippen LogP contribution in [0.1, 0.15) is 157 Å². The topological polar surface area (TPSA) is 303 Å². The highest BCUT2D eigenvalue weighted by molar-refractivity contribution is 7.90. The van der Waals surface area contributed by atoms with Crippen LogP contribution in [0.3, 0.4) is 0 Å². The quantitative estimate of drug-likeness (QED) is 0.0275. The molecule has 8 aliphatic rings. The molecule has 6 aromatic heterocycles. The maximum atomic E-state index is 13.8. The molecule has 0 bridgehead atoms. The Hall–Kier alpha value is -8.63. The van der Waals surface area contributed by atoms with Gasteiger partial charge in [-0.05, 0) is 236 Å². The summed E-state index contributed by atoms with van der Waals surface area (Å²) in [4.78, 5) is 60.3. The number of halogens is 2. The number of rotatable bonds is 27. The van der Waals surface area contributed by atoms with Crippen LogP contribution < -0.4 is 39.8 Å². The van der Waals surface area contributed by atoms with Crippen molar-refractivity contribution in [2.75, 3.05) is 49.2 Å². The minimum absolute atomic E-state index is 0.0244. The molecule has 100 heavy (non-hydrogen) atoms. The van der Waals surface area contributed by atoms with E-state index in [1.165, 1.54) is 69.6 Å². The van der Waals surface area contributed by atoms with E-state index in [9.17, 15) is 40.0 Å². The molecule has 8 heterocycles. The molecule has 6 aliphatic carbocycles. The van der Waals surface area contributed by atoms with Crippen LogP contribution in [-0.2, 0) is 31.4 Å². The van der Waals surface area contributed by atoms with Gasteiger partial charge in [-0.1, -0.05) is 42.5 Å². The number of benzene rings is 1. The number of fused-ring (bicyclic) bond motifs is 2. The summed E-state index contributed by atoms with van der Waals surface area (Å²) in [5.74, 6) is 0.801. The van der Waals surface area contributed by atoms with Gasteiger partial charge in [0, 0.05) is 55.2 Å². The molecule has 530 valence electrons. The van der Waals surface area contributed by atoms with Gasteiger partial charge in [0.1, 0.15) is 18.2 Å². The van der Waals surface area contributed by atoms with Gasteiger partial charge in [0.05, 0.1) is 24.3 Å². The number of anilines is 2. The number of carbonyl (C=O) groups excluding carboxylic acids is 3. The highest BCUT2D eigenvalue weighted by Gasteiger charge is 2.86. The van der Waals surface area contributed by atoms with Crippen LogP contribution in [0.25, 0.3) is 11.6 Å². The van der Waals surface area contributed by atoms with Crippen molar-refractivity contribution in [2.45, 2.75) is 158 Å². The van der Waals surface area contributed by atoms with Crippen LogP contribution in [0.5, 0.6) is 11.8 Å². The fourth-order valence-electron chi connectivity index (χ4n) is 17.4. The molecule has 6 saturated carbocycles. The number of ether oxygens (including phenoxy) is 3. The smallest absolute Gasteiger partial charge is 0.407 e. The van der Waals surface area contributed by atoms with Gasteiger partial charge in [0.2, 0.25) is 23.7 Å². The largest absolute Gasteiger partial charge is 0.477 e. The summed E-state index contributed by atoms with van der Waals surface area (Å²) in [7, 11) is -8.95. The zero-order valence-corrected chi connectivity index (χ0v) is 58.4. The number of carbonyl (C=O) groups is 3. The van der Waals surface area contributed by atoms with Gasteiger partial charge in [-0.2, -0.15) is 25.6 Å². The lowest BCUT2D eigenvalue weighted by molar-refractivity contribution is 0.0972. The van der Waals surface area contributed by atoms with Crippen LogP contribution in [0.2, 0.25) is 0 Å². The predicted octanol–water partition coefficient (Wildman–Crippen LogP) is 10.4. The SMILES string of the molecule is CC1(C)C[C@@H](CCCN)CN1c1nc(-n2ccc(OCCC3C4(CC4)C34CC4)n2)ccc1C(=O)NS(=O)(=O)c1cccc(F)n1.CC1(C)C[C@@H](CCCNC(=O)OCc2ccccc2)CN1c1nc(-n2ccc(OCCC3C4(CC4)C34CC4)n2)ccc1C(=O)NS(=O)(=O)c1cccc(F)n1. The molecule has 3 amide bonds. The number of nitrogens with zero attached hydrogens (tertiary/aromatic N) is 10. The lowest BCUT2D eigenvalue weighted by Crippen LogP contribution is -2.41. The van der Waals surface area contributed by atoms with E-state index in [1.54, 1.807) is 52.1 Å². The molecule has 15 rings (SSSR count). The third kappa shape index (κ3) is 13.7. The first-order valence-electron chi connectivity index (χ1n) is 34.9. The van der Waals surface area contributed by atoms with E-state index in [-0.39, 0.29) is 35.0 Å². The predicted molar refractivity (Wildman–Crippen MR) is 366 cm³/mol. The average Bonchev–Trinajstić information content (AvgIpc) is 1.45. The van der Waals surface area contributed by atoms with E-state index in [0.717, 1.165) is 86.6 Å². The first-order chi connectivity index (χ1) is 47.9. The molecule has 0 unspecified atom stereocenters. The third-order valence-electron chi connectivity index (χ3n) is 22.7. The van der Waals surface area contributed by atoms with E-state index < -0.39 is 65.4 Å². The van der Waals surface area contributed by atoms with Crippen LogP contribution in [0.15, 0.2) is 126 Å². The number of aromatic nitrogens is 8. The molecule has 2 saturated heterocycles. The van der Waals surface area contributed by atoms with Gasteiger partial charge in [-0.15, -0.1) is 10.2 Å². The molecule has 24 nitrogen and oxygen atoms in total. The Balaban J connectivity index is 0.000000174. The fourth-order valence-corrected chi connectivity index (χ4v) is 19.2. The lowest BCUT2D eigenvalue weighted by atomic mass is 9.93. The van der Waals surface area contributed by atoms with E-state index in [4.69, 9.17) is 29.9 Å². The highest BCUT2D eigenvalue weighted by Crippen LogP contribution is 2.94. The number of nitrogens with one attached hydrogen (secondary N) is 3. The summed E-state index contributed by atoms with van der Waals surface area (Å²) < 4.78 is 104. The van der Waals surface area contributed by atoms with Crippen molar-refractivity contribution in [3.8, 4) is 23.4 Å². The molecule has 1 aromatic carbocycles. The van der Waals surface area contributed by atoms with Crippen molar-refractivity contribution in [3.05, 3.63) is 144 Å². The first kappa shape index (κ1) is 68.5. The number of pyridine rings is 4. The van der Waals surface area contributed by atoms with Crippen LogP contribution >= 0.6 is 0 Å². The van der Waals surface area contributed by atoms with Crippen LogP contribution in [0, 0.1) is 57.2 Å². The minimum Gasteiger partial charge on any atom is -0.477 e. The molecule has 0 radical (unpaired) electrons. The van der Waals surface area contributed by atoms with E-state index in [1.807, 2.05) is 49.1 Å². The lowest BCUT2D eigenvalue weighted by Gasteiger charge is -2.34. The number of amides is 3. The maximum absolute atomic E-state index is 13.8. The Labute approximate surface area is 581 Å². The second-order valence-corrected chi connectivity index (χ2v) is 33.1. The van der Waals surface area contributed by atoms with Gasteiger partial charge in [-0.25, -0.2) is 43.5 Å². The number of hydrogen-bond donors (Lipinski definition) is 4. The second-order valence-electron chi connectivity index (χ2n) is 29.8. The van der Waals surface area contributed by atoms with Crippen molar-refractivity contribution in [3.63, 3.8) is 0 Å². The molecule has 2 aliphatic heterocycles. The summed E-state index contributed by atoms with van der Waals surface area (Å²) in [6.07, 6.45) is 21.0. The Morgan fingerprint density at radius 1 is 0.550 bits per heavy atom. The van der Waals surface area contributed by atoms with Gasteiger partial charge >= 0.3 is 6.09 Å². The normalized spacial score (nSPS) is 20.9. The Bertz CT molecular complexity index is 4440. The molecule has 5 N–H and O–H groups in total. The monoisotopic (exact) mass is 1410 g/mol. The van der Waals surface area contributed by atoms with Gasteiger partial charge in [0.15, 0.2) is 21.7 Å². The third-order valence-corrected chi connectivity index (χ3v) is 25.1. The number of hydrogen-bond acceptors (Lipinski definition) is 19. The van der Waals surface area contributed by atoms with E-state index >= 15 is 0 Å². The number of alkyl carbamates (subject to hydrolysis) is 1. The van der Waals surface area contributed by atoms with Gasteiger partial charge in [0.25, 0.3) is 31.9 Å². The fraction of sp³-hybridized carbons (Fsp3) is 0.514. The average molecular weight is 1410 g/mol. The molecule has 4 spiro atoms. The van der Waals surface area contributed by atoms with Gasteiger partial charge < -0.3 is 35.1 Å². The van der Waals surface area contributed by atoms with Crippen molar-refractivity contribution in [1.29, 1.82) is 0 Å². The van der Waals surface area contributed by atoms with Crippen molar-refractivity contribution in [1.82, 2.24) is 54.3 Å². The van der Waals surface area contributed by atoms with Gasteiger partial charge in [-0.3, -0.25) is 9.59 Å². The zero-order valence-electron chi connectivity index (χ0n) is 56.7. The maximum Gasteiger partial charge on any atom is 0.407 e. The summed E-state index contributed by atoms with van der Waals surface area (Å²) in [5.41, 5.74) is 8.45. The molecule has 28 heteroatoms. The summed E-state index contributed by atoms with van der Waals surface area (Å²) >= 11 is 0. The molecule has 8 fully saturated rings. The van der Waals surface area contributed by atoms with Crippen molar-refractivity contribution >= 4 is 49.6 Å². The van der Waals surface area contributed by atoms with Crippen LogP contribution in [-0.4, -0.2) is 125 Å². The summed E-state index contributed by atoms with van der Waals surface area (Å²) in [5, 5.41) is 10.8. The summed E-state index contributed by atoms with van der Waals surface area (Å²) in [6, 6.07) is 26.1. The van der Waals surface area contributed by atoms with E-state index in [0.29, 0.717) is 103 Å². The Kier molecular flexibility index (Phi) is 18.1. The minimum atomic E-state index is -4.50. The number of sulfonamides is 2. The molecular weight excluding hydrogens is 1320 g/mol. The van der Waals surface area contributed by atoms with Crippen LogP contribution in [0.4, 0.5) is 25.2 Å². The van der Waals surface area contributed by atoms with E-state index in [2.05, 4.69) is 53.7 Å². The second kappa shape index (κ2) is 26.4. The Morgan fingerprint density at radius 3 is 1.41 bits per heavy atom. The zero-order chi connectivity index (χ0) is 70.0. The van der Waals surface area contributed by atoms with Crippen molar-refractivity contribution in [2.24, 2.45) is 51.1 Å².